The highest BCUT2D eigenvalue weighted by Gasteiger charge is 2.29. The standard InChI is InChI=1S/C7H14N2O2/c1-2-11-7(10)6-4-3-5-9(6)8/h6H,2-5,8H2,1H3/t6-/m1/s1. The molecule has 1 saturated heterocycles. The van der Waals surface area contributed by atoms with Crippen LogP contribution in [0.4, 0.5) is 0 Å². The molecule has 0 unspecified atom stereocenters. The van der Waals surface area contributed by atoms with Gasteiger partial charge < -0.3 is 4.74 Å². The molecule has 0 aromatic heterocycles. The molecule has 0 aliphatic carbocycles. The molecule has 1 aliphatic heterocycles. The fourth-order valence-electron chi connectivity index (χ4n) is 1.28. The van der Waals surface area contributed by atoms with E-state index in [1.54, 1.807) is 11.9 Å². The van der Waals surface area contributed by atoms with Gasteiger partial charge in [0.25, 0.3) is 0 Å². The van der Waals surface area contributed by atoms with Gasteiger partial charge in [-0.3, -0.25) is 10.6 Å². The molecule has 1 fully saturated rings. The van der Waals surface area contributed by atoms with Crippen LogP contribution in [0.5, 0.6) is 0 Å². The van der Waals surface area contributed by atoms with Crippen molar-refractivity contribution in [1.82, 2.24) is 5.01 Å². The van der Waals surface area contributed by atoms with E-state index in [4.69, 9.17) is 10.6 Å². The van der Waals surface area contributed by atoms with Crippen LogP contribution in [-0.2, 0) is 9.53 Å². The first-order valence-corrected chi connectivity index (χ1v) is 3.93. The van der Waals surface area contributed by atoms with E-state index in [2.05, 4.69) is 0 Å². The fraction of sp³-hybridized carbons (Fsp3) is 0.857. The molecule has 1 heterocycles. The summed E-state index contributed by atoms with van der Waals surface area (Å²) in [7, 11) is 0. The number of nitrogens with zero attached hydrogens (tertiary/aromatic N) is 1. The van der Waals surface area contributed by atoms with Gasteiger partial charge in [-0.1, -0.05) is 0 Å². The zero-order chi connectivity index (χ0) is 8.27. The van der Waals surface area contributed by atoms with Crippen LogP contribution in [0.2, 0.25) is 0 Å². The summed E-state index contributed by atoms with van der Waals surface area (Å²) in [5, 5.41) is 1.55. The van der Waals surface area contributed by atoms with Crippen molar-refractivity contribution in [2.75, 3.05) is 13.2 Å². The first-order valence-electron chi connectivity index (χ1n) is 3.93. The Morgan fingerprint density at radius 2 is 2.55 bits per heavy atom. The van der Waals surface area contributed by atoms with E-state index in [-0.39, 0.29) is 12.0 Å². The van der Waals surface area contributed by atoms with Crippen LogP contribution in [0.3, 0.4) is 0 Å². The number of carbonyl (C=O) groups excluding carboxylic acids is 1. The number of carbonyl (C=O) groups is 1. The van der Waals surface area contributed by atoms with Gasteiger partial charge in [-0.05, 0) is 19.8 Å². The number of rotatable bonds is 2. The second-order valence-corrected chi connectivity index (χ2v) is 2.65. The average molecular weight is 158 g/mol. The lowest BCUT2D eigenvalue weighted by atomic mass is 10.2. The molecule has 0 amide bonds. The van der Waals surface area contributed by atoms with Gasteiger partial charge in [0.1, 0.15) is 6.04 Å². The van der Waals surface area contributed by atoms with Crippen LogP contribution in [0.1, 0.15) is 19.8 Å². The minimum atomic E-state index is -0.199. The van der Waals surface area contributed by atoms with Gasteiger partial charge in [-0.2, -0.15) is 0 Å². The molecular weight excluding hydrogens is 144 g/mol. The lowest BCUT2D eigenvalue weighted by molar-refractivity contribution is -0.148. The van der Waals surface area contributed by atoms with Crippen molar-refractivity contribution in [3.8, 4) is 0 Å². The predicted molar refractivity (Wildman–Crippen MR) is 40.5 cm³/mol. The van der Waals surface area contributed by atoms with E-state index < -0.39 is 0 Å². The summed E-state index contributed by atoms with van der Waals surface area (Å²) in [5.74, 6) is 5.36. The lowest BCUT2D eigenvalue weighted by Gasteiger charge is -2.16. The Morgan fingerprint density at radius 1 is 1.82 bits per heavy atom. The Hall–Kier alpha value is -0.610. The quantitative estimate of drug-likeness (QED) is 0.450. The molecule has 0 spiro atoms. The smallest absolute Gasteiger partial charge is 0.324 e. The third-order valence-electron chi connectivity index (χ3n) is 1.85. The molecule has 0 radical (unpaired) electrons. The second-order valence-electron chi connectivity index (χ2n) is 2.65. The topological polar surface area (TPSA) is 55.6 Å². The van der Waals surface area contributed by atoms with Crippen molar-refractivity contribution in [3.05, 3.63) is 0 Å². The van der Waals surface area contributed by atoms with Crippen molar-refractivity contribution in [2.45, 2.75) is 25.8 Å². The molecule has 11 heavy (non-hydrogen) atoms. The monoisotopic (exact) mass is 158 g/mol. The van der Waals surface area contributed by atoms with Gasteiger partial charge in [0.05, 0.1) is 6.61 Å². The molecule has 0 bridgehead atoms. The predicted octanol–water partition coefficient (Wildman–Crippen LogP) is -0.112. The first kappa shape index (κ1) is 8.49. The van der Waals surface area contributed by atoms with E-state index in [1.807, 2.05) is 0 Å². The Balaban J connectivity index is 2.39. The van der Waals surface area contributed by atoms with Gasteiger partial charge >= 0.3 is 5.97 Å². The van der Waals surface area contributed by atoms with Gasteiger partial charge in [-0.15, -0.1) is 0 Å². The molecule has 4 nitrogen and oxygen atoms in total. The molecule has 0 aromatic carbocycles. The highest BCUT2D eigenvalue weighted by atomic mass is 16.5. The SMILES string of the molecule is CCOC(=O)[C@H]1CCCN1N. The molecule has 4 heteroatoms. The summed E-state index contributed by atoms with van der Waals surface area (Å²) in [6, 6.07) is -0.199. The zero-order valence-electron chi connectivity index (χ0n) is 6.75. The summed E-state index contributed by atoms with van der Waals surface area (Å²) in [4.78, 5) is 11.1. The zero-order valence-corrected chi connectivity index (χ0v) is 6.75. The van der Waals surface area contributed by atoms with E-state index in [0.29, 0.717) is 6.61 Å². The molecule has 1 aliphatic rings. The van der Waals surface area contributed by atoms with E-state index in [1.165, 1.54) is 0 Å². The Kier molecular flexibility index (Phi) is 2.84. The summed E-state index contributed by atoms with van der Waals surface area (Å²) in [6.07, 6.45) is 1.81. The van der Waals surface area contributed by atoms with Gasteiger partial charge in [0.15, 0.2) is 0 Å². The van der Waals surface area contributed by atoms with Crippen molar-refractivity contribution in [2.24, 2.45) is 5.84 Å². The number of esters is 1. The maximum atomic E-state index is 11.1. The number of nitrogens with two attached hydrogens (primary N) is 1. The summed E-state index contributed by atoms with van der Waals surface area (Å²) in [6.45, 7) is 3.03. The maximum Gasteiger partial charge on any atom is 0.324 e. The summed E-state index contributed by atoms with van der Waals surface area (Å²) < 4.78 is 4.84. The van der Waals surface area contributed by atoms with Crippen molar-refractivity contribution >= 4 is 5.97 Å². The number of hydrogen-bond acceptors (Lipinski definition) is 4. The third kappa shape index (κ3) is 1.91. The summed E-state index contributed by atoms with van der Waals surface area (Å²) in [5.41, 5.74) is 0. The van der Waals surface area contributed by atoms with E-state index >= 15 is 0 Å². The number of hydrazine groups is 1. The molecular formula is C7H14N2O2. The molecule has 1 atom stereocenters. The Labute approximate surface area is 66.3 Å². The average Bonchev–Trinajstić information content (AvgIpc) is 2.36. The molecule has 1 rings (SSSR count). The van der Waals surface area contributed by atoms with Gasteiger partial charge in [0.2, 0.25) is 0 Å². The van der Waals surface area contributed by atoms with Crippen LogP contribution >= 0.6 is 0 Å². The second kappa shape index (κ2) is 3.69. The van der Waals surface area contributed by atoms with Gasteiger partial charge in [-0.25, -0.2) is 5.01 Å². The van der Waals surface area contributed by atoms with Crippen molar-refractivity contribution in [3.63, 3.8) is 0 Å². The van der Waals surface area contributed by atoms with E-state index in [0.717, 1.165) is 19.4 Å². The molecule has 2 N–H and O–H groups in total. The lowest BCUT2D eigenvalue weighted by Crippen LogP contribution is -2.41. The maximum absolute atomic E-state index is 11.1. The minimum Gasteiger partial charge on any atom is -0.465 e. The summed E-state index contributed by atoms with van der Waals surface area (Å²) >= 11 is 0. The highest BCUT2D eigenvalue weighted by molar-refractivity contribution is 5.75. The fourth-order valence-corrected chi connectivity index (χ4v) is 1.28. The normalized spacial score (nSPS) is 25.5. The molecule has 0 saturated carbocycles. The minimum absolute atomic E-state index is 0.187. The highest BCUT2D eigenvalue weighted by Crippen LogP contribution is 2.13. The van der Waals surface area contributed by atoms with Crippen molar-refractivity contribution in [1.29, 1.82) is 0 Å². The molecule has 64 valence electrons. The van der Waals surface area contributed by atoms with E-state index in [9.17, 15) is 4.79 Å². The van der Waals surface area contributed by atoms with Crippen LogP contribution in [-0.4, -0.2) is 30.2 Å². The van der Waals surface area contributed by atoms with Crippen LogP contribution in [0, 0.1) is 0 Å². The Bertz CT molecular complexity index is 149. The Morgan fingerprint density at radius 3 is 3.00 bits per heavy atom. The van der Waals surface area contributed by atoms with Crippen LogP contribution in [0.15, 0.2) is 0 Å². The van der Waals surface area contributed by atoms with Crippen LogP contribution in [0.25, 0.3) is 0 Å². The first-order chi connectivity index (χ1) is 5.25. The largest absolute Gasteiger partial charge is 0.465 e. The molecule has 0 aromatic rings. The number of hydrogen-bond donors (Lipinski definition) is 1. The third-order valence-corrected chi connectivity index (χ3v) is 1.85. The van der Waals surface area contributed by atoms with Crippen LogP contribution < -0.4 is 5.84 Å². The van der Waals surface area contributed by atoms with Gasteiger partial charge in [0, 0.05) is 6.54 Å². The van der Waals surface area contributed by atoms with Crippen molar-refractivity contribution < 1.29 is 9.53 Å². The number of ether oxygens (including phenoxy) is 1.